The average molecular weight is 188 g/mol. The summed E-state index contributed by atoms with van der Waals surface area (Å²) in [5.41, 5.74) is 2.17. The summed E-state index contributed by atoms with van der Waals surface area (Å²) >= 11 is 0. The van der Waals surface area contributed by atoms with E-state index in [-0.39, 0.29) is 0 Å². The Hall–Kier alpha value is 0.0938. The van der Waals surface area contributed by atoms with E-state index in [1.54, 1.807) is 0 Å². The Labute approximate surface area is 71.9 Å². The van der Waals surface area contributed by atoms with Gasteiger partial charge in [0.2, 0.25) is 0 Å². The molecule has 1 rings (SSSR count). The SMILES string of the molecule is CCCCC=C[Si]1(C)O[SiH2]O1. The van der Waals surface area contributed by atoms with Crippen LogP contribution in [0.5, 0.6) is 0 Å². The molecule has 0 bridgehead atoms. The molecule has 1 aliphatic heterocycles. The second kappa shape index (κ2) is 4.20. The fourth-order valence-electron chi connectivity index (χ4n) is 0.960. The van der Waals surface area contributed by atoms with Gasteiger partial charge >= 0.3 is 8.56 Å². The van der Waals surface area contributed by atoms with Crippen molar-refractivity contribution in [3.05, 3.63) is 11.8 Å². The number of allylic oxidation sites excluding steroid dienone is 1. The van der Waals surface area contributed by atoms with E-state index < -0.39 is 18.6 Å². The molecular weight excluding hydrogens is 172 g/mol. The van der Waals surface area contributed by atoms with Gasteiger partial charge in [-0.1, -0.05) is 25.8 Å². The van der Waals surface area contributed by atoms with E-state index in [2.05, 4.69) is 25.2 Å². The maximum atomic E-state index is 5.47. The summed E-state index contributed by atoms with van der Waals surface area (Å²) in [6.45, 7) is 4.31. The Bertz CT molecular complexity index is 143. The minimum atomic E-state index is -1.67. The molecule has 1 aliphatic rings. The summed E-state index contributed by atoms with van der Waals surface area (Å²) in [4.78, 5) is 0. The topological polar surface area (TPSA) is 18.5 Å². The highest BCUT2D eigenvalue weighted by atomic mass is 28.5. The van der Waals surface area contributed by atoms with Crippen LogP contribution < -0.4 is 0 Å². The molecule has 11 heavy (non-hydrogen) atoms. The molecule has 0 aromatic rings. The number of hydrogen-bond acceptors (Lipinski definition) is 2. The summed E-state index contributed by atoms with van der Waals surface area (Å²) in [5, 5.41) is 0. The summed E-state index contributed by atoms with van der Waals surface area (Å²) in [6, 6.07) is 0. The van der Waals surface area contributed by atoms with Crippen molar-refractivity contribution in [2.45, 2.75) is 32.7 Å². The average Bonchev–Trinajstić information content (AvgIpc) is 1.95. The van der Waals surface area contributed by atoms with Crippen LogP contribution in [-0.2, 0) is 8.23 Å². The van der Waals surface area contributed by atoms with Gasteiger partial charge in [-0.15, -0.1) is 0 Å². The molecule has 1 heterocycles. The van der Waals surface area contributed by atoms with Crippen molar-refractivity contribution >= 4 is 18.6 Å². The van der Waals surface area contributed by atoms with E-state index in [1.165, 1.54) is 19.3 Å². The molecule has 0 amide bonds. The second-order valence-electron chi connectivity index (χ2n) is 2.97. The van der Waals surface area contributed by atoms with Crippen molar-refractivity contribution in [3.63, 3.8) is 0 Å². The van der Waals surface area contributed by atoms with Crippen molar-refractivity contribution in [2.24, 2.45) is 0 Å². The highest BCUT2D eigenvalue weighted by Gasteiger charge is 2.35. The lowest BCUT2D eigenvalue weighted by Gasteiger charge is -2.33. The zero-order chi connectivity index (χ0) is 8.16. The highest BCUT2D eigenvalue weighted by molar-refractivity contribution is 6.83. The smallest absolute Gasteiger partial charge is 0.343 e. The van der Waals surface area contributed by atoms with Crippen LogP contribution in [-0.4, -0.2) is 18.6 Å². The number of rotatable bonds is 4. The second-order valence-corrected chi connectivity index (χ2v) is 7.88. The van der Waals surface area contributed by atoms with Crippen LogP contribution in [0, 0.1) is 0 Å². The molecule has 64 valence electrons. The molecule has 0 N–H and O–H groups in total. The third-order valence-corrected chi connectivity index (χ3v) is 8.21. The number of hydrogen-bond donors (Lipinski definition) is 0. The molecule has 0 spiro atoms. The van der Waals surface area contributed by atoms with Crippen LogP contribution in [0.3, 0.4) is 0 Å². The van der Waals surface area contributed by atoms with Gasteiger partial charge in [0.25, 0.3) is 10.0 Å². The van der Waals surface area contributed by atoms with Crippen molar-refractivity contribution < 1.29 is 8.23 Å². The minimum Gasteiger partial charge on any atom is -0.417 e. The first kappa shape index (κ1) is 9.18. The lowest BCUT2D eigenvalue weighted by atomic mass is 10.2. The Morgan fingerprint density at radius 3 is 2.64 bits per heavy atom. The predicted molar refractivity (Wildman–Crippen MR) is 51.0 cm³/mol. The van der Waals surface area contributed by atoms with Gasteiger partial charge in [-0.2, -0.15) is 0 Å². The zero-order valence-electron chi connectivity index (χ0n) is 7.30. The van der Waals surface area contributed by atoms with Gasteiger partial charge in [-0.05, 0) is 18.7 Å². The molecule has 1 fully saturated rings. The molecule has 2 nitrogen and oxygen atoms in total. The fraction of sp³-hybridized carbons (Fsp3) is 0.714. The van der Waals surface area contributed by atoms with Crippen LogP contribution in [0.4, 0.5) is 0 Å². The van der Waals surface area contributed by atoms with Crippen molar-refractivity contribution in [1.29, 1.82) is 0 Å². The molecule has 0 saturated carbocycles. The highest BCUT2D eigenvalue weighted by Crippen LogP contribution is 2.16. The van der Waals surface area contributed by atoms with E-state index in [1.807, 2.05) is 0 Å². The summed E-state index contributed by atoms with van der Waals surface area (Å²) in [7, 11) is -2.19. The van der Waals surface area contributed by atoms with Gasteiger partial charge < -0.3 is 8.23 Å². The van der Waals surface area contributed by atoms with Gasteiger partial charge in [0, 0.05) is 0 Å². The molecule has 0 radical (unpaired) electrons. The normalized spacial score (nSPS) is 32.9. The molecular formula is C7H16O2Si2. The maximum absolute atomic E-state index is 5.47. The Kier molecular flexibility index (Phi) is 3.51. The van der Waals surface area contributed by atoms with E-state index >= 15 is 0 Å². The first-order valence-corrected chi connectivity index (χ1v) is 7.77. The standard InChI is InChI=1S/C7H16O2Si2/c1-3-4-5-6-7-11(2)8-10-9-11/h6-7H,3-5,10H2,1-2H3. The van der Waals surface area contributed by atoms with E-state index in [4.69, 9.17) is 8.23 Å². The van der Waals surface area contributed by atoms with Crippen LogP contribution in [0.15, 0.2) is 11.8 Å². The van der Waals surface area contributed by atoms with Crippen LogP contribution in [0.1, 0.15) is 26.2 Å². The molecule has 0 atom stereocenters. The zero-order valence-corrected chi connectivity index (χ0v) is 9.71. The lowest BCUT2D eigenvalue weighted by Crippen LogP contribution is -2.50. The first-order chi connectivity index (χ1) is 5.27. The van der Waals surface area contributed by atoms with Crippen molar-refractivity contribution in [2.75, 3.05) is 0 Å². The first-order valence-electron chi connectivity index (χ1n) is 4.22. The van der Waals surface area contributed by atoms with Crippen LogP contribution in [0.25, 0.3) is 0 Å². The summed E-state index contributed by atoms with van der Waals surface area (Å²) in [5.74, 6) is 0. The van der Waals surface area contributed by atoms with Crippen LogP contribution in [0.2, 0.25) is 6.55 Å². The predicted octanol–water partition coefficient (Wildman–Crippen LogP) is 1.39. The van der Waals surface area contributed by atoms with Gasteiger partial charge in [-0.25, -0.2) is 0 Å². The quantitative estimate of drug-likeness (QED) is 0.490. The largest absolute Gasteiger partial charge is 0.417 e. The lowest BCUT2D eigenvalue weighted by molar-refractivity contribution is 0.296. The van der Waals surface area contributed by atoms with E-state index in [0.29, 0.717) is 0 Å². The third-order valence-electron chi connectivity index (χ3n) is 1.84. The molecule has 1 saturated heterocycles. The molecule has 4 heteroatoms. The Morgan fingerprint density at radius 1 is 1.45 bits per heavy atom. The van der Waals surface area contributed by atoms with Crippen molar-refractivity contribution in [3.8, 4) is 0 Å². The monoisotopic (exact) mass is 188 g/mol. The summed E-state index contributed by atoms with van der Waals surface area (Å²) in [6.07, 6.45) is 5.92. The molecule has 0 aromatic carbocycles. The third kappa shape index (κ3) is 2.90. The van der Waals surface area contributed by atoms with Gasteiger partial charge in [0.1, 0.15) is 0 Å². The molecule has 0 aromatic heterocycles. The fourth-order valence-corrected chi connectivity index (χ4v) is 4.28. The molecule has 0 aliphatic carbocycles. The van der Waals surface area contributed by atoms with Gasteiger partial charge in [0.05, 0.1) is 0 Å². The van der Waals surface area contributed by atoms with Crippen LogP contribution >= 0.6 is 0 Å². The Balaban J connectivity index is 2.13. The minimum absolute atomic E-state index is 0.528. The Morgan fingerprint density at radius 2 is 2.18 bits per heavy atom. The summed E-state index contributed by atoms with van der Waals surface area (Å²) < 4.78 is 10.9. The van der Waals surface area contributed by atoms with E-state index in [0.717, 1.165) is 0 Å². The maximum Gasteiger partial charge on any atom is 0.343 e. The van der Waals surface area contributed by atoms with Crippen molar-refractivity contribution in [1.82, 2.24) is 0 Å². The van der Waals surface area contributed by atoms with Gasteiger partial charge in [0.15, 0.2) is 0 Å². The number of unbranched alkanes of at least 4 members (excludes halogenated alkanes) is 2. The van der Waals surface area contributed by atoms with E-state index in [9.17, 15) is 0 Å². The van der Waals surface area contributed by atoms with Gasteiger partial charge in [-0.3, -0.25) is 0 Å². The molecule has 0 unspecified atom stereocenters.